The Kier molecular flexibility index (Phi) is 7.84. The number of amides is 3. The summed E-state index contributed by atoms with van der Waals surface area (Å²) in [5, 5.41) is 4.13. The summed E-state index contributed by atoms with van der Waals surface area (Å²) in [5.74, 6) is -0.961. The summed E-state index contributed by atoms with van der Waals surface area (Å²) in [5.41, 5.74) is 0. The minimum Gasteiger partial charge on any atom is -0.374 e. The van der Waals surface area contributed by atoms with Crippen molar-refractivity contribution in [3.63, 3.8) is 0 Å². The fraction of sp³-hybridized carbons (Fsp3) is 0.714. The third-order valence-corrected chi connectivity index (χ3v) is 1.39. The molecule has 0 bridgehead atoms. The van der Waals surface area contributed by atoms with Crippen molar-refractivity contribution in [3.05, 3.63) is 0 Å². The number of rotatable bonds is 6. The van der Waals surface area contributed by atoms with Crippen molar-refractivity contribution < 1.29 is 23.1 Å². The molecule has 0 aromatic rings. The monoisotopic (exact) mass is 244 g/mol. The van der Waals surface area contributed by atoms with Crippen LogP contribution in [0, 0.1) is 0 Å². The van der Waals surface area contributed by atoms with E-state index < -0.39 is 25.0 Å². The largest absolute Gasteiger partial charge is 0.374 e. The van der Waals surface area contributed by atoms with Crippen LogP contribution in [0.4, 0.5) is 13.6 Å². The molecule has 0 heterocycles. The molecule has 0 aromatic carbocycles. The standard InChI is InChI=1S/C7H11ClF2N2O3/c8-3-6(13)12-7(14)11-1-2-15-4-5(9)10/h5H,1-4H2,(H2,11,12,13,14). The molecule has 0 aromatic heterocycles. The molecule has 0 atom stereocenters. The van der Waals surface area contributed by atoms with E-state index in [0.717, 1.165) is 0 Å². The van der Waals surface area contributed by atoms with Gasteiger partial charge < -0.3 is 10.1 Å². The summed E-state index contributed by atoms with van der Waals surface area (Å²) in [6.45, 7) is -0.690. The van der Waals surface area contributed by atoms with Gasteiger partial charge in [0.1, 0.15) is 12.5 Å². The highest BCUT2D eigenvalue weighted by molar-refractivity contribution is 6.28. The summed E-state index contributed by atoms with van der Waals surface area (Å²) in [6.07, 6.45) is -2.53. The van der Waals surface area contributed by atoms with Crippen molar-refractivity contribution in [2.75, 3.05) is 25.6 Å². The Morgan fingerprint density at radius 3 is 2.60 bits per heavy atom. The molecule has 0 aliphatic carbocycles. The molecule has 0 saturated heterocycles. The van der Waals surface area contributed by atoms with Crippen molar-refractivity contribution in [3.8, 4) is 0 Å². The van der Waals surface area contributed by atoms with Crippen LogP contribution in [0.5, 0.6) is 0 Å². The maximum atomic E-state index is 11.6. The van der Waals surface area contributed by atoms with Gasteiger partial charge in [0, 0.05) is 6.54 Å². The lowest BCUT2D eigenvalue weighted by molar-refractivity contribution is -0.117. The van der Waals surface area contributed by atoms with Crippen molar-refractivity contribution in [2.45, 2.75) is 6.43 Å². The number of hydrogen-bond acceptors (Lipinski definition) is 3. The highest BCUT2D eigenvalue weighted by Gasteiger charge is 2.05. The molecule has 0 saturated carbocycles. The van der Waals surface area contributed by atoms with E-state index in [1.807, 2.05) is 5.32 Å². The Bertz CT molecular complexity index is 216. The number of urea groups is 1. The van der Waals surface area contributed by atoms with Crippen LogP contribution in [-0.2, 0) is 9.53 Å². The van der Waals surface area contributed by atoms with Gasteiger partial charge in [0.05, 0.1) is 6.61 Å². The SMILES string of the molecule is O=C(CCl)NC(=O)NCCOCC(F)F. The number of ether oxygens (including phenoxy) is 1. The zero-order valence-electron chi connectivity index (χ0n) is 7.76. The zero-order valence-corrected chi connectivity index (χ0v) is 8.52. The first-order chi connectivity index (χ1) is 7.06. The molecule has 0 unspecified atom stereocenters. The number of imide groups is 1. The van der Waals surface area contributed by atoms with Crippen LogP contribution < -0.4 is 10.6 Å². The van der Waals surface area contributed by atoms with Crippen LogP contribution in [0.1, 0.15) is 0 Å². The normalized spacial score (nSPS) is 10.1. The van der Waals surface area contributed by atoms with E-state index in [2.05, 4.69) is 10.1 Å². The number of alkyl halides is 3. The van der Waals surface area contributed by atoms with E-state index in [-0.39, 0.29) is 19.0 Å². The molecule has 0 rings (SSSR count). The number of carbonyl (C=O) groups is 2. The first kappa shape index (κ1) is 14.1. The van der Waals surface area contributed by atoms with Crippen molar-refractivity contribution in [1.82, 2.24) is 10.6 Å². The molecule has 88 valence electrons. The maximum Gasteiger partial charge on any atom is 0.321 e. The Labute approximate surface area is 90.1 Å². The lowest BCUT2D eigenvalue weighted by Gasteiger charge is -2.06. The van der Waals surface area contributed by atoms with E-state index in [4.69, 9.17) is 11.6 Å². The first-order valence-corrected chi connectivity index (χ1v) is 4.59. The molecule has 5 nitrogen and oxygen atoms in total. The summed E-state index contributed by atoms with van der Waals surface area (Å²) in [6, 6.07) is -0.735. The number of halogens is 3. The molecule has 0 aliphatic heterocycles. The molecular formula is C7H11ClF2N2O3. The lowest BCUT2D eigenvalue weighted by atomic mass is 10.6. The van der Waals surface area contributed by atoms with Gasteiger partial charge in [-0.15, -0.1) is 11.6 Å². The van der Waals surface area contributed by atoms with Gasteiger partial charge in [-0.2, -0.15) is 0 Å². The highest BCUT2D eigenvalue weighted by atomic mass is 35.5. The van der Waals surface area contributed by atoms with Gasteiger partial charge in [-0.25, -0.2) is 13.6 Å². The first-order valence-electron chi connectivity index (χ1n) is 4.05. The molecule has 0 aliphatic rings. The summed E-state index contributed by atoms with van der Waals surface area (Å²) in [4.78, 5) is 21.4. The predicted octanol–water partition coefficient (Wildman–Crippen LogP) is 0.333. The summed E-state index contributed by atoms with van der Waals surface area (Å²) in [7, 11) is 0. The molecule has 2 N–H and O–H groups in total. The van der Waals surface area contributed by atoms with Crippen molar-refractivity contribution >= 4 is 23.5 Å². The fourth-order valence-electron chi connectivity index (χ4n) is 0.613. The van der Waals surface area contributed by atoms with Crippen molar-refractivity contribution in [1.29, 1.82) is 0 Å². The average Bonchev–Trinajstić information content (AvgIpc) is 2.16. The highest BCUT2D eigenvalue weighted by Crippen LogP contribution is 1.91. The second-order valence-electron chi connectivity index (χ2n) is 2.40. The van der Waals surface area contributed by atoms with E-state index >= 15 is 0 Å². The molecular weight excluding hydrogens is 234 g/mol. The van der Waals surface area contributed by atoms with Gasteiger partial charge in [0.15, 0.2) is 0 Å². The molecule has 8 heteroatoms. The van der Waals surface area contributed by atoms with Crippen LogP contribution in [0.25, 0.3) is 0 Å². The Morgan fingerprint density at radius 1 is 1.40 bits per heavy atom. The molecule has 0 radical (unpaired) electrons. The summed E-state index contributed by atoms with van der Waals surface area (Å²) < 4.78 is 27.6. The third kappa shape index (κ3) is 9.36. The van der Waals surface area contributed by atoms with E-state index in [1.165, 1.54) is 0 Å². The van der Waals surface area contributed by atoms with Gasteiger partial charge in [-0.1, -0.05) is 0 Å². The van der Waals surface area contributed by atoms with Crippen LogP contribution in [0.3, 0.4) is 0 Å². The molecule has 0 spiro atoms. The predicted molar refractivity (Wildman–Crippen MR) is 49.1 cm³/mol. The van der Waals surface area contributed by atoms with Gasteiger partial charge in [0.25, 0.3) is 6.43 Å². The Morgan fingerprint density at radius 2 is 2.07 bits per heavy atom. The molecule has 3 amide bonds. The topological polar surface area (TPSA) is 67.4 Å². The van der Waals surface area contributed by atoms with Crippen LogP contribution in [0.15, 0.2) is 0 Å². The molecule has 15 heavy (non-hydrogen) atoms. The van der Waals surface area contributed by atoms with Crippen LogP contribution in [-0.4, -0.2) is 44.0 Å². The quantitative estimate of drug-likeness (QED) is 0.523. The van der Waals surface area contributed by atoms with E-state index in [1.54, 1.807) is 0 Å². The molecule has 0 fully saturated rings. The fourth-order valence-corrected chi connectivity index (χ4v) is 0.680. The summed E-state index contributed by atoms with van der Waals surface area (Å²) >= 11 is 5.11. The Balaban J connectivity index is 3.35. The van der Waals surface area contributed by atoms with E-state index in [0.29, 0.717) is 0 Å². The second-order valence-corrected chi connectivity index (χ2v) is 2.67. The van der Waals surface area contributed by atoms with Gasteiger partial charge in [0.2, 0.25) is 5.91 Å². The number of hydrogen-bond donors (Lipinski definition) is 2. The minimum absolute atomic E-state index is 0.0358. The second kappa shape index (κ2) is 8.37. The zero-order chi connectivity index (χ0) is 11.7. The van der Waals surface area contributed by atoms with Gasteiger partial charge in [-0.05, 0) is 0 Å². The smallest absolute Gasteiger partial charge is 0.321 e. The van der Waals surface area contributed by atoms with Gasteiger partial charge in [-0.3, -0.25) is 10.1 Å². The maximum absolute atomic E-state index is 11.6. The van der Waals surface area contributed by atoms with Crippen LogP contribution in [0.2, 0.25) is 0 Å². The average molecular weight is 245 g/mol. The number of nitrogens with one attached hydrogen (secondary N) is 2. The lowest BCUT2D eigenvalue weighted by Crippen LogP contribution is -2.41. The van der Waals surface area contributed by atoms with E-state index in [9.17, 15) is 18.4 Å². The van der Waals surface area contributed by atoms with Crippen molar-refractivity contribution in [2.24, 2.45) is 0 Å². The minimum atomic E-state index is -2.53. The third-order valence-electron chi connectivity index (χ3n) is 1.15. The van der Waals surface area contributed by atoms with Gasteiger partial charge >= 0.3 is 6.03 Å². The number of carbonyl (C=O) groups excluding carboxylic acids is 2. The van der Waals surface area contributed by atoms with Crippen LogP contribution >= 0.6 is 11.6 Å². The Hall–Kier alpha value is -0.950.